The van der Waals surface area contributed by atoms with E-state index in [4.69, 9.17) is 0 Å². The van der Waals surface area contributed by atoms with Gasteiger partial charge in [-0.2, -0.15) is 0 Å². The number of nitrogens with zero attached hydrogens (tertiary/aromatic N) is 1. The smallest absolute Gasteiger partial charge is 0.319 e. The second kappa shape index (κ2) is 7.23. The number of aryl methyl sites for hydroxylation is 1. The van der Waals surface area contributed by atoms with Gasteiger partial charge < -0.3 is 15.5 Å². The summed E-state index contributed by atoms with van der Waals surface area (Å²) in [6.07, 6.45) is 0.212. The van der Waals surface area contributed by atoms with Crippen LogP contribution < -0.4 is 15.5 Å². The van der Waals surface area contributed by atoms with Crippen molar-refractivity contribution in [2.24, 2.45) is 0 Å². The first-order valence-electron chi connectivity index (χ1n) is 7.82. The number of nitrogens with one attached hydrogen (secondary N) is 2. The van der Waals surface area contributed by atoms with E-state index in [1.165, 1.54) is 12.1 Å². The normalized spacial score (nSPS) is 16.8. The molecule has 3 rings (SSSR count). The summed E-state index contributed by atoms with van der Waals surface area (Å²) in [6, 6.07) is 11.2. The molecule has 25 heavy (non-hydrogen) atoms. The number of benzene rings is 2. The fourth-order valence-corrected chi connectivity index (χ4v) is 3.05. The van der Waals surface area contributed by atoms with Gasteiger partial charge >= 0.3 is 6.03 Å². The number of amides is 3. The summed E-state index contributed by atoms with van der Waals surface area (Å²) in [4.78, 5) is 25.9. The van der Waals surface area contributed by atoms with Crippen molar-refractivity contribution < 1.29 is 14.0 Å². The summed E-state index contributed by atoms with van der Waals surface area (Å²) in [5.41, 5.74) is 2.00. The number of urea groups is 1. The molecule has 0 aliphatic carbocycles. The minimum Gasteiger partial charge on any atom is -0.333 e. The third-order valence-electron chi connectivity index (χ3n) is 3.99. The topological polar surface area (TPSA) is 61.4 Å². The van der Waals surface area contributed by atoms with Crippen LogP contribution in [0.15, 0.2) is 46.9 Å². The Morgan fingerprint density at radius 3 is 2.64 bits per heavy atom. The van der Waals surface area contributed by atoms with Crippen molar-refractivity contribution >= 4 is 39.2 Å². The molecule has 0 spiro atoms. The molecule has 3 amide bonds. The van der Waals surface area contributed by atoms with Crippen LogP contribution in [0.25, 0.3) is 0 Å². The average molecular weight is 406 g/mol. The van der Waals surface area contributed by atoms with Gasteiger partial charge in [0.1, 0.15) is 5.82 Å². The van der Waals surface area contributed by atoms with Crippen molar-refractivity contribution in [1.82, 2.24) is 5.32 Å². The van der Waals surface area contributed by atoms with E-state index >= 15 is 0 Å². The van der Waals surface area contributed by atoms with Gasteiger partial charge in [0.15, 0.2) is 0 Å². The highest BCUT2D eigenvalue weighted by molar-refractivity contribution is 9.10. The van der Waals surface area contributed by atoms with Crippen LogP contribution in [0.1, 0.15) is 12.0 Å². The van der Waals surface area contributed by atoms with Crippen LogP contribution in [0.2, 0.25) is 0 Å². The summed E-state index contributed by atoms with van der Waals surface area (Å²) in [6.45, 7) is 2.36. The molecule has 1 aliphatic heterocycles. The van der Waals surface area contributed by atoms with E-state index in [0.29, 0.717) is 11.0 Å². The minimum absolute atomic E-state index is 0.0519. The zero-order valence-electron chi connectivity index (χ0n) is 13.6. The van der Waals surface area contributed by atoms with Crippen molar-refractivity contribution in [3.63, 3.8) is 0 Å². The predicted molar refractivity (Wildman–Crippen MR) is 98.2 cm³/mol. The number of anilines is 2. The van der Waals surface area contributed by atoms with Crippen LogP contribution in [-0.4, -0.2) is 24.5 Å². The van der Waals surface area contributed by atoms with E-state index in [9.17, 15) is 14.0 Å². The summed E-state index contributed by atoms with van der Waals surface area (Å²) >= 11 is 3.16. The Morgan fingerprint density at radius 1 is 1.24 bits per heavy atom. The van der Waals surface area contributed by atoms with Crippen LogP contribution in [0, 0.1) is 12.7 Å². The molecule has 0 aromatic heterocycles. The molecule has 1 unspecified atom stereocenters. The maximum atomic E-state index is 13.8. The first-order chi connectivity index (χ1) is 11.9. The molecule has 1 heterocycles. The van der Waals surface area contributed by atoms with Gasteiger partial charge in [0.2, 0.25) is 5.91 Å². The van der Waals surface area contributed by atoms with Gasteiger partial charge in [0.05, 0.1) is 11.7 Å². The fourth-order valence-electron chi connectivity index (χ4n) is 2.71. The van der Waals surface area contributed by atoms with Crippen LogP contribution in [0.3, 0.4) is 0 Å². The Kier molecular flexibility index (Phi) is 5.03. The van der Waals surface area contributed by atoms with Gasteiger partial charge in [0, 0.05) is 23.1 Å². The zero-order chi connectivity index (χ0) is 18.0. The molecule has 1 saturated heterocycles. The Hall–Kier alpha value is -2.41. The average Bonchev–Trinajstić information content (AvgIpc) is 2.91. The summed E-state index contributed by atoms with van der Waals surface area (Å²) in [5, 5.41) is 5.19. The first kappa shape index (κ1) is 17.4. The molecule has 1 atom stereocenters. The predicted octanol–water partition coefficient (Wildman–Crippen LogP) is 3.82. The number of rotatable bonds is 3. The molecule has 1 aliphatic rings. The number of carbonyl (C=O) groups excluding carboxylic acids is 2. The molecule has 2 aromatic rings. The summed E-state index contributed by atoms with van der Waals surface area (Å²) in [5.74, 6) is -0.586. The highest BCUT2D eigenvalue weighted by Gasteiger charge is 2.31. The van der Waals surface area contributed by atoms with Crippen LogP contribution in [0.5, 0.6) is 0 Å². The molecule has 2 aromatic carbocycles. The molecule has 130 valence electrons. The second-order valence-corrected chi connectivity index (χ2v) is 6.88. The van der Waals surface area contributed by atoms with Crippen molar-refractivity contribution in [1.29, 1.82) is 0 Å². The molecule has 5 nitrogen and oxygen atoms in total. The van der Waals surface area contributed by atoms with Crippen LogP contribution >= 0.6 is 15.9 Å². The van der Waals surface area contributed by atoms with Gasteiger partial charge in [-0.1, -0.05) is 33.6 Å². The number of hydrogen-bond donors (Lipinski definition) is 2. The monoisotopic (exact) mass is 405 g/mol. The van der Waals surface area contributed by atoms with Crippen LogP contribution in [0.4, 0.5) is 20.6 Å². The van der Waals surface area contributed by atoms with Crippen molar-refractivity contribution in [3.8, 4) is 0 Å². The van der Waals surface area contributed by atoms with Crippen molar-refractivity contribution in [2.45, 2.75) is 19.4 Å². The third-order valence-corrected chi connectivity index (χ3v) is 4.48. The maximum Gasteiger partial charge on any atom is 0.319 e. The molecular weight excluding hydrogens is 389 g/mol. The first-order valence-corrected chi connectivity index (χ1v) is 8.61. The van der Waals surface area contributed by atoms with E-state index in [2.05, 4.69) is 26.6 Å². The summed E-state index contributed by atoms with van der Waals surface area (Å²) < 4.78 is 14.4. The number of carbonyl (C=O) groups is 2. The van der Waals surface area contributed by atoms with E-state index in [1.54, 1.807) is 11.0 Å². The third kappa shape index (κ3) is 4.17. The highest BCUT2D eigenvalue weighted by Crippen LogP contribution is 2.22. The zero-order valence-corrected chi connectivity index (χ0v) is 15.1. The molecule has 0 bridgehead atoms. The standard InChI is InChI=1S/C18H17BrFN3O2/c1-11-2-5-14(6-3-11)23-10-13(9-17(23)24)21-18(25)22-16-7-4-12(19)8-15(16)20/h2-8,13H,9-10H2,1H3,(H2,21,22,25). The fraction of sp³-hybridized carbons (Fsp3) is 0.222. The molecule has 2 N–H and O–H groups in total. The highest BCUT2D eigenvalue weighted by atomic mass is 79.9. The van der Waals surface area contributed by atoms with Gasteiger partial charge in [-0.15, -0.1) is 0 Å². The maximum absolute atomic E-state index is 13.8. The lowest BCUT2D eigenvalue weighted by Crippen LogP contribution is -2.39. The Labute approximate surface area is 153 Å². The molecule has 0 radical (unpaired) electrons. The van der Waals surface area contributed by atoms with Crippen LogP contribution in [-0.2, 0) is 4.79 Å². The lowest BCUT2D eigenvalue weighted by molar-refractivity contribution is -0.117. The van der Waals surface area contributed by atoms with Gasteiger partial charge in [-0.25, -0.2) is 9.18 Å². The van der Waals surface area contributed by atoms with Crippen molar-refractivity contribution in [3.05, 3.63) is 58.3 Å². The minimum atomic E-state index is -0.537. The Bertz CT molecular complexity index is 810. The molecule has 7 heteroatoms. The van der Waals surface area contributed by atoms with Crippen molar-refractivity contribution in [2.75, 3.05) is 16.8 Å². The molecular formula is C18H17BrFN3O2. The van der Waals surface area contributed by atoms with Gasteiger partial charge in [-0.3, -0.25) is 4.79 Å². The van der Waals surface area contributed by atoms with Gasteiger partial charge in [-0.05, 0) is 37.3 Å². The second-order valence-electron chi connectivity index (χ2n) is 5.96. The Balaban J connectivity index is 1.61. The Morgan fingerprint density at radius 2 is 1.96 bits per heavy atom. The lowest BCUT2D eigenvalue weighted by Gasteiger charge is -2.17. The molecule has 0 saturated carbocycles. The number of halogens is 2. The lowest BCUT2D eigenvalue weighted by atomic mass is 10.2. The SMILES string of the molecule is Cc1ccc(N2CC(NC(=O)Nc3ccc(Br)cc3F)CC2=O)cc1. The largest absolute Gasteiger partial charge is 0.333 e. The van der Waals surface area contributed by atoms with Gasteiger partial charge in [0.25, 0.3) is 0 Å². The van der Waals surface area contributed by atoms with E-state index in [-0.39, 0.29) is 24.1 Å². The number of hydrogen-bond acceptors (Lipinski definition) is 2. The molecule has 1 fully saturated rings. The quantitative estimate of drug-likeness (QED) is 0.814. The summed E-state index contributed by atoms with van der Waals surface area (Å²) in [7, 11) is 0. The van der Waals surface area contributed by atoms with E-state index in [1.807, 2.05) is 31.2 Å². The van der Waals surface area contributed by atoms with E-state index < -0.39 is 11.8 Å². The van der Waals surface area contributed by atoms with E-state index in [0.717, 1.165) is 11.3 Å².